The molecule has 0 aliphatic carbocycles. The number of hydrogen-bond donors (Lipinski definition) is 1. The lowest BCUT2D eigenvalue weighted by atomic mass is 10.2. The molecule has 3 aromatic rings. The fraction of sp³-hybridized carbons (Fsp3) is 0.286. The summed E-state index contributed by atoms with van der Waals surface area (Å²) < 4.78 is 45.9. The molecule has 0 saturated carbocycles. The minimum atomic E-state index is -3.45. The van der Waals surface area contributed by atoms with Crippen molar-refractivity contribution in [3.63, 3.8) is 0 Å². The van der Waals surface area contributed by atoms with E-state index < -0.39 is 15.7 Å². The molecule has 3 rings (SSSR count). The fourth-order valence-electron chi connectivity index (χ4n) is 2.93. The van der Waals surface area contributed by atoms with Gasteiger partial charge in [0, 0.05) is 12.0 Å². The molecule has 32 heavy (non-hydrogen) atoms. The van der Waals surface area contributed by atoms with Crippen molar-refractivity contribution in [3.8, 4) is 28.7 Å². The van der Waals surface area contributed by atoms with Crippen molar-refractivity contribution in [1.29, 1.82) is 0 Å². The van der Waals surface area contributed by atoms with Crippen LogP contribution in [-0.2, 0) is 20.4 Å². The van der Waals surface area contributed by atoms with Gasteiger partial charge in [0.05, 0.1) is 32.8 Å². The van der Waals surface area contributed by atoms with Gasteiger partial charge < -0.3 is 18.6 Å². The van der Waals surface area contributed by atoms with E-state index in [1.807, 2.05) is 0 Å². The highest BCUT2D eigenvalue weighted by Crippen LogP contribution is 2.41. The van der Waals surface area contributed by atoms with Crippen molar-refractivity contribution in [2.45, 2.75) is 12.2 Å². The number of ether oxygens (including phenoxy) is 3. The molecule has 0 saturated heterocycles. The van der Waals surface area contributed by atoms with Crippen molar-refractivity contribution in [2.24, 2.45) is 0 Å². The van der Waals surface area contributed by atoms with Crippen molar-refractivity contribution < 1.29 is 31.8 Å². The molecule has 1 heterocycles. The van der Waals surface area contributed by atoms with Crippen LogP contribution in [0.4, 0.5) is 6.01 Å². The van der Waals surface area contributed by atoms with E-state index in [-0.39, 0.29) is 29.8 Å². The number of carbonyl (C=O) groups is 1. The van der Waals surface area contributed by atoms with Gasteiger partial charge in [0.25, 0.3) is 0 Å². The molecule has 1 aromatic heterocycles. The highest BCUT2D eigenvalue weighted by Gasteiger charge is 2.19. The van der Waals surface area contributed by atoms with Crippen LogP contribution in [0.1, 0.15) is 12.0 Å². The second-order valence-corrected chi connectivity index (χ2v) is 8.89. The summed E-state index contributed by atoms with van der Waals surface area (Å²) in [5, 5.41) is 10.1. The molecule has 1 N–H and O–H groups in total. The third-order valence-electron chi connectivity index (χ3n) is 4.45. The Balaban J connectivity index is 1.64. The maximum Gasteiger partial charge on any atom is 0.322 e. The predicted molar refractivity (Wildman–Crippen MR) is 117 cm³/mol. The average molecular weight is 461 g/mol. The third kappa shape index (κ3) is 5.76. The maximum atomic E-state index is 12.3. The standard InChI is InChI=1S/C21H23N3O7S/c1-28-16-11-15(12-17(29-2)19(16)30-3)20-23-24-21(31-20)22-18(25)9-10-32(26,27)13-14-7-5-4-6-8-14/h4-8,11-12H,9-10,13H2,1-3H3,(H,22,24,25). The zero-order chi connectivity index (χ0) is 23.1. The number of nitrogens with one attached hydrogen (secondary N) is 1. The van der Waals surface area contributed by atoms with Gasteiger partial charge in [-0.25, -0.2) is 8.42 Å². The Labute approximate surface area is 185 Å². The van der Waals surface area contributed by atoms with Crippen LogP contribution in [-0.4, -0.2) is 51.6 Å². The molecular formula is C21H23N3O7S. The Morgan fingerprint density at radius 2 is 1.66 bits per heavy atom. The second-order valence-electron chi connectivity index (χ2n) is 6.70. The molecule has 1 amide bonds. The number of anilines is 1. The van der Waals surface area contributed by atoms with E-state index in [4.69, 9.17) is 18.6 Å². The number of aromatic nitrogens is 2. The van der Waals surface area contributed by atoms with Crippen LogP contribution in [0.2, 0.25) is 0 Å². The van der Waals surface area contributed by atoms with Gasteiger partial charge in [-0.2, -0.15) is 0 Å². The minimum absolute atomic E-state index is 0.108. The Bertz CT molecular complexity index is 1150. The quantitative estimate of drug-likeness (QED) is 0.484. The van der Waals surface area contributed by atoms with Crippen molar-refractivity contribution >= 4 is 21.8 Å². The van der Waals surface area contributed by atoms with Crippen molar-refractivity contribution in [2.75, 3.05) is 32.4 Å². The molecule has 11 heteroatoms. The molecule has 0 aliphatic heterocycles. The highest BCUT2D eigenvalue weighted by atomic mass is 32.2. The summed E-state index contributed by atoms with van der Waals surface area (Å²) in [6, 6.07) is 11.9. The first kappa shape index (κ1) is 23.1. The van der Waals surface area contributed by atoms with Gasteiger partial charge in [-0.05, 0) is 17.7 Å². The summed E-state index contributed by atoms with van der Waals surface area (Å²) in [5.74, 6) is 0.319. The molecule has 0 unspecified atom stereocenters. The number of sulfone groups is 1. The minimum Gasteiger partial charge on any atom is -0.493 e. The van der Waals surface area contributed by atoms with Gasteiger partial charge in [-0.15, -0.1) is 5.10 Å². The van der Waals surface area contributed by atoms with Gasteiger partial charge in [0.15, 0.2) is 21.3 Å². The van der Waals surface area contributed by atoms with Crippen LogP contribution < -0.4 is 19.5 Å². The first-order valence-corrected chi connectivity index (χ1v) is 11.4. The summed E-state index contributed by atoms with van der Waals surface area (Å²) in [7, 11) is 0.995. The van der Waals surface area contributed by atoms with Gasteiger partial charge in [0.2, 0.25) is 17.5 Å². The van der Waals surface area contributed by atoms with Crippen LogP contribution >= 0.6 is 0 Å². The topological polar surface area (TPSA) is 130 Å². The molecule has 2 aromatic carbocycles. The first-order valence-electron chi connectivity index (χ1n) is 9.53. The lowest BCUT2D eigenvalue weighted by Gasteiger charge is -2.12. The fourth-order valence-corrected chi connectivity index (χ4v) is 4.27. The third-order valence-corrected chi connectivity index (χ3v) is 6.05. The summed E-state index contributed by atoms with van der Waals surface area (Å²) in [5.41, 5.74) is 1.15. The Kier molecular flexibility index (Phi) is 7.31. The summed E-state index contributed by atoms with van der Waals surface area (Å²) in [6.45, 7) is 0. The summed E-state index contributed by atoms with van der Waals surface area (Å²) >= 11 is 0. The lowest BCUT2D eigenvalue weighted by Crippen LogP contribution is -2.18. The molecule has 0 atom stereocenters. The van der Waals surface area contributed by atoms with E-state index in [1.165, 1.54) is 21.3 Å². The second kappa shape index (κ2) is 10.1. The lowest BCUT2D eigenvalue weighted by molar-refractivity contribution is -0.115. The number of methoxy groups -OCH3 is 3. The van der Waals surface area contributed by atoms with E-state index in [9.17, 15) is 13.2 Å². The normalized spacial score (nSPS) is 11.1. The zero-order valence-electron chi connectivity index (χ0n) is 17.8. The van der Waals surface area contributed by atoms with Crippen LogP contribution in [0.25, 0.3) is 11.5 Å². The maximum absolute atomic E-state index is 12.3. The van der Waals surface area contributed by atoms with Crippen LogP contribution in [0.15, 0.2) is 46.9 Å². The molecule has 0 spiro atoms. The van der Waals surface area contributed by atoms with Gasteiger partial charge in [-0.3, -0.25) is 10.1 Å². The number of amides is 1. The van der Waals surface area contributed by atoms with Crippen LogP contribution in [0.3, 0.4) is 0 Å². The van der Waals surface area contributed by atoms with Gasteiger partial charge in [-0.1, -0.05) is 35.4 Å². The van der Waals surface area contributed by atoms with E-state index in [0.29, 0.717) is 28.4 Å². The average Bonchev–Trinajstić information content (AvgIpc) is 3.25. The number of nitrogens with zero attached hydrogens (tertiary/aromatic N) is 2. The predicted octanol–water partition coefficient (Wildman–Crippen LogP) is 2.71. The van der Waals surface area contributed by atoms with E-state index in [2.05, 4.69) is 15.5 Å². The Hall–Kier alpha value is -3.60. The molecule has 0 radical (unpaired) electrons. The zero-order valence-corrected chi connectivity index (χ0v) is 18.6. The number of hydrogen-bond acceptors (Lipinski definition) is 9. The Morgan fingerprint density at radius 3 is 2.25 bits per heavy atom. The molecule has 170 valence electrons. The van der Waals surface area contributed by atoms with E-state index >= 15 is 0 Å². The molecule has 0 bridgehead atoms. The SMILES string of the molecule is COc1cc(-c2nnc(NC(=O)CCS(=O)(=O)Cc3ccccc3)o2)cc(OC)c1OC. The molecule has 10 nitrogen and oxygen atoms in total. The number of benzene rings is 2. The number of rotatable bonds is 10. The monoisotopic (exact) mass is 461 g/mol. The van der Waals surface area contributed by atoms with E-state index in [1.54, 1.807) is 42.5 Å². The van der Waals surface area contributed by atoms with E-state index in [0.717, 1.165) is 0 Å². The smallest absolute Gasteiger partial charge is 0.322 e. The molecule has 0 aliphatic rings. The Morgan fingerprint density at radius 1 is 1.00 bits per heavy atom. The summed E-state index contributed by atoms with van der Waals surface area (Å²) in [6.07, 6.45) is -0.239. The largest absolute Gasteiger partial charge is 0.493 e. The first-order chi connectivity index (χ1) is 15.3. The van der Waals surface area contributed by atoms with Crippen molar-refractivity contribution in [3.05, 3.63) is 48.0 Å². The highest BCUT2D eigenvalue weighted by molar-refractivity contribution is 7.90. The number of carbonyl (C=O) groups excluding carboxylic acids is 1. The van der Waals surface area contributed by atoms with Crippen LogP contribution in [0.5, 0.6) is 17.2 Å². The van der Waals surface area contributed by atoms with Crippen molar-refractivity contribution in [1.82, 2.24) is 10.2 Å². The van der Waals surface area contributed by atoms with Gasteiger partial charge in [0.1, 0.15) is 0 Å². The molecule has 0 fully saturated rings. The summed E-state index contributed by atoms with van der Waals surface area (Å²) in [4.78, 5) is 12.2. The molecular weight excluding hydrogens is 438 g/mol. The van der Waals surface area contributed by atoms with Gasteiger partial charge >= 0.3 is 6.01 Å². The van der Waals surface area contributed by atoms with Crippen LogP contribution in [0, 0.1) is 0 Å².